The van der Waals surface area contributed by atoms with Crippen LogP contribution < -0.4 is 0 Å². The number of rotatable bonds is 0. The van der Waals surface area contributed by atoms with Crippen LogP contribution in [0.15, 0.2) is 0 Å². The van der Waals surface area contributed by atoms with E-state index in [-0.39, 0.29) is 0 Å². The Bertz CT molecular complexity index is 301. The second kappa shape index (κ2) is 9.41. The maximum atomic E-state index is 4.93. The summed E-state index contributed by atoms with van der Waals surface area (Å²) in [5.74, 6) is 12.6. The van der Waals surface area contributed by atoms with Crippen molar-refractivity contribution in [3.05, 3.63) is 60.7 Å². The van der Waals surface area contributed by atoms with Crippen molar-refractivity contribution in [1.82, 2.24) is 0 Å². The summed E-state index contributed by atoms with van der Waals surface area (Å²) in [7, 11) is 9.87. The normalized spacial score (nSPS) is 33.3. The predicted octanol–water partition coefficient (Wildman–Crippen LogP) is 6.54. The summed E-state index contributed by atoms with van der Waals surface area (Å²) in [4.78, 5) is 0. The SMILES string of the molecule is C[C]1[C](C)[C](C)[C](C)[C]1C.[CH]1[CH][C]2[C]([CH]1)C1CCC2C1.[Cl][Zr][Cl]. The molecule has 0 N–H and O–H groups in total. The zero-order valence-corrected chi connectivity index (χ0v) is 18.7. The van der Waals surface area contributed by atoms with Crippen LogP contribution in [0.4, 0.5) is 0 Å². The second-order valence-electron chi connectivity index (χ2n) is 6.84. The molecule has 4 aliphatic rings. The Morgan fingerprint density at radius 3 is 1.35 bits per heavy atom. The fourth-order valence-electron chi connectivity index (χ4n) is 4.14. The first-order chi connectivity index (χ1) is 10.9. The molecule has 10 radical (unpaired) electrons. The summed E-state index contributed by atoms with van der Waals surface area (Å²) in [5, 5.41) is 0. The van der Waals surface area contributed by atoms with Crippen LogP contribution in [0.2, 0.25) is 0 Å². The fraction of sp³-hybridized carbons (Fsp3) is 0.500. The summed E-state index contributed by atoms with van der Waals surface area (Å²) >= 11 is -0.826. The molecular formula is C20H26Cl2Zr. The van der Waals surface area contributed by atoms with Gasteiger partial charge >= 0.3 is 37.9 Å². The van der Waals surface area contributed by atoms with E-state index in [0.717, 1.165) is 11.8 Å². The first kappa shape index (κ1) is 20.8. The third-order valence-electron chi connectivity index (χ3n) is 6.01. The van der Waals surface area contributed by atoms with Crippen molar-refractivity contribution in [3.8, 4) is 0 Å². The van der Waals surface area contributed by atoms with Gasteiger partial charge in [0.25, 0.3) is 0 Å². The zero-order chi connectivity index (χ0) is 17.1. The van der Waals surface area contributed by atoms with Crippen LogP contribution in [0.5, 0.6) is 0 Å². The minimum absolute atomic E-state index is 0.826. The number of fused-ring (bicyclic) bond motifs is 5. The van der Waals surface area contributed by atoms with E-state index in [4.69, 9.17) is 17.0 Å². The quantitative estimate of drug-likeness (QED) is 0.411. The number of hydrogen-bond donors (Lipinski definition) is 0. The topological polar surface area (TPSA) is 0 Å². The Hall–Kier alpha value is 1.46. The molecule has 0 saturated heterocycles. The molecule has 0 nitrogen and oxygen atoms in total. The van der Waals surface area contributed by atoms with E-state index in [9.17, 15) is 0 Å². The van der Waals surface area contributed by atoms with Gasteiger partial charge in [-0.15, -0.1) is 0 Å². The van der Waals surface area contributed by atoms with Crippen LogP contribution in [-0.2, 0) is 20.8 Å². The monoisotopic (exact) mass is 426 g/mol. The van der Waals surface area contributed by atoms with Gasteiger partial charge in [-0.25, -0.2) is 0 Å². The van der Waals surface area contributed by atoms with E-state index in [1.807, 2.05) is 0 Å². The van der Waals surface area contributed by atoms with Gasteiger partial charge in [-0.1, -0.05) is 34.6 Å². The van der Waals surface area contributed by atoms with E-state index in [0.29, 0.717) is 0 Å². The molecular weight excluding hydrogens is 402 g/mol. The Morgan fingerprint density at radius 1 is 0.739 bits per heavy atom. The van der Waals surface area contributed by atoms with Gasteiger partial charge in [-0.05, 0) is 91.8 Å². The number of hydrogen-bond acceptors (Lipinski definition) is 0. The van der Waals surface area contributed by atoms with Crippen LogP contribution in [0.25, 0.3) is 0 Å². The summed E-state index contributed by atoms with van der Waals surface area (Å²) < 4.78 is 0. The molecule has 4 aliphatic carbocycles. The molecule has 23 heavy (non-hydrogen) atoms. The molecule has 0 aliphatic heterocycles. The first-order valence-electron chi connectivity index (χ1n) is 8.33. The van der Waals surface area contributed by atoms with E-state index < -0.39 is 20.8 Å². The molecule has 2 unspecified atom stereocenters. The van der Waals surface area contributed by atoms with Crippen LogP contribution in [0, 0.1) is 72.5 Å². The Balaban J connectivity index is 0.000000143. The van der Waals surface area contributed by atoms with Crippen LogP contribution >= 0.6 is 17.0 Å². The fourth-order valence-corrected chi connectivity index (χ4v) is 4.14. The van der Waals surface area contributed by atoms with Gasteiger partial charge < -0.3 is 0 Å². The van der Waals surface area contributed by atoms with E-state index in [1.54, 1.807) is 11.8 Å². The van der Waals surface area contributed by atoms with Gasteiger partial charge in [0, 0.05) is 0 Å². The molecule has 0 aromatic heterocycles. The maximum absolute atomic E-state index is 4.93. The molecule has 0 heterocycles. The molecule has 2 atom stereocenters. The van der Waals surface area contributed by atoms with E-state index >= 15 is 0 Å². The average Bonchev–Trinajstić information content (AvgIpc) is 3.27. The van der Waals surface area contributed by atoms with Crippen molar-refractivity contribution in [2.24, 2.45) is 11.8 Å². The Labute approximate surface area is 163 Å². The summed E-state index contributed by atoms with van der Waals surface area (Å²) in [6.07, 6.45) is 11.2. The second-order valence-corrected chi connectivity index (χ2v) is 10.6. The molecule has 0 amide bonds. The van der Waals surface area contributed by atoms with Gasteiger partial charge in [-0.3, -0.25) is 0 Å². The van der Waals surface area contributed by atoms with Gasteiger partial charge in [-0.2, -0.15) is 0 Å². The predicted molar refractivity (Wildman–Crippen MR) is 96.5 cm³/mol. The van der Waals surface area contributed by atoms with Gasteiger partial charge in [0.15, 0.2) is 0 Å². The average molecular weight is 429 g/mol. The molecule has 0 aromatic rings. The summed E-state index contributed by atoms with van der Waals surface area (Å²) in [6.45, 7) is 11.0. The Morgan fingerprint density at radius 2 is 1.04 bits per heavy atom. The third kappa shape index (κ3) is 4.60. The van der Waals surface area contributed by atoms with Crippen molar-refractivity contribution in [3.63, 3.8) is 0 Å². The third-order valence-corrected chi connectivity index (χ3v) is 6.01. The minimum atomic E-state index is -0.826. The molecule has 0 aromatic carbocycles. The van der Waals surface area contributed by atoms with E-state index in [2.05, 4.69) is 53.9 Å². The molecule has 124 valence electrons. The summed E-state index contributed by atoms with van der Waals surface area (Å²) in [5.41, 5.74) is 0. The van der Waals surface area contributed by atoms with Crippen LogP contribution in [-0.4, -0.2) is 0 Å². The number of halogens is 2. The molecule has 0 spiro atoms. The van der Waals surface area contributed by atoms with Crippen molar-refractivity contribution >= 4 is 17.0 Å². The van der Waals surface area contributed by atoms with Gasteiger partial charge in [0.1, 0.15) is 0 Å². The molecule has 2 bridgehead atoms. The van der Waals surface area contributed by atoms with Gasteiger partial charge in [0.2, 0.25) is 0 Å². The zero-order valence-electron chi connectivity index (χ0n) is 14.8. The van der Waals surface area contributed by atoms with Gasteiger partial charge in [0.05, 0.1) is 0 Å². The molecule has 4 fully saturated rings. The van der Waals surface area contributed by atoms with Crippen molar-refractivity contribution < 1.29 is 20.8 Å². The molecule has 3 heteroatoms. The van der Waals surface area contributed by atoms with Crippen LogP contribution in [0.3, 0.4) is 0 Å². The van der Waals surface area contributed by atoms with Crippen molar-refractivity contribution in [2.75, 3.05) is 0 Å². The van der Waals surface area contributed by atoms with Crippen molar-refractivity contribution in [1.29, 1.82) is 0 Å². The van der Waals surface area contributed by atoms with E-state index in [1.165, 1.54) is 48.9 Å². The summed E-state index contributed by atoms with van der Waals surface area (Å²) in [6, 6.07) is 0. The molecule has 4 saturated carbocycles. The standard InChI is InChI=1S/C10H11.C10H15.2ClH.Zr/c1-2-9-7-4-5-8(6-7)10(9)3-1;1-6-7(2)9(4)10(5)8(6)3;;;/h1-3,7-8H,4-6H2;1-5H3;2*1H;/q;;;;+2/p-2. The first-order valence-corrected chi connectivity index (χ1v) is 14.7. The Kier molecular flexibility index (Phi) is 8.50. The van der Waals surface area contributed by atoms with Crippen LogP contribution in [0.1, 0.15) is 53.9 Å². The van der Waals surface area contributed by atoms with Crippen molar-refractivity contribution in [2.45, 2.75) is 53.9 Å². The molecule has 4 rings (SSSR count).